The van der Waals surface area contributed by atoms with Crippen molar-refractivity contribution in [2.24, 2.45) is 0 Å². The van der Waals surface area contributed by atoms with Gasteiger partial charge in [-0.2, -0.15) is 0 Å². The largest absolute Gasteiger partial charge is 0.441 e. The molecule has 0 bridgehead atoms. The average molecular weight is 280 g/mol. The van der Waals surface area contributed by atoms with Crippen LogP contribution in [-0.2, 0) is 0 Å². The SMILES string of the molecule is Cc1nc2cc(C(=O)NC(C)c3ccccc3)ccc2o1. The van der Waals surface area contributed by atoms with Crippen molar-refractivity contribution in [1.29, 1.82) is 0 Å². The molecule has 0 aliphatic carbocycles. The van der Waals surface area contributed by atoms with Gasteiger partial charge in [0.2, 0.25) is 0 Å². The molecule has 21 heavy (non-hydrogen) atoms. The third kappa shape index (κ3) is 2.79. The van der Waals surface area contributed by atoms with E-state index in [1.54, 1.807) is 25.1 Å². The first kappa shape index (κ1) is 13.4. The molecule has 1 N–H and O–H groups in total. The molecular weight excluding hydrogens is 264 g/mol. The van der Waals surface area contributed by atoms with Gasteiger partial charge in [0.05, 0.1) is 6.04 Å². The van der Waals surface area contributed by atoms with E-state index in [4.69, 9.17) is 4.42 Å². The van der Waals surface area contributed by atoms with Gasteiger partial charge < -0.3 is 9.73 Å². The van der Waals surface area contributed by atoms with Crippen LogP contribution in [0.1, 0.15) is 34.8 Å². The topological polar surface area (TPSA) is 55.1 Å². The number of hydrogen-bond acceptors (Lipinski definition) is 3. The molecule has 4 nitrogen and oxygen atoms in total. The molecule has 0 saturated heterocycles. The minimum Gasteiger partial charge on any atom is -0.441 e. The van der Waals surface area contributed by atoms with Gasteiger partial charge in [0, 0.05) is 12.5 Å². The molecule has 0 saturated carbocycles. The Balaban J connectivity index is 1.80. The maximum absolute atomic E-state index is 12.3. The summed E-state index contributed by atoms with van der Waals surface area (Å²) in [5, 5.41) is 2.99. The predicted molar refractivity (Wildman–Crippen MR) is 81.1 cm³/mol. The molecule has 0 spiro atoms. The second-order valence-electron chi connectivity index (χ2n) is 5.02. The van der Waals surface area contributed by atoms with Crippen molar-refractivity contribution in [2.45, 2.75) is 19.9 Å². The van der Waals surface area contributed by atoms with Crippen LogP contribution >= 0.6 is 0 Å². The number of benzene rings is 2. The van der Waals surface area contributed by atoms with Crippen LogP contribution in [0.2, 0.25) is 0 Å². The first-order chi connectivity index (χ1) is 10.1. The number of oxazole rings is 1. The summed E-state index contributed by atoms with van der Waals surface area (Å²) in [6.45, 7) is 3.75. The second kappa shape index (κ2) is 5.40. The number of aromatic nitrogens is 1. The number of amides is 1. The van der Waals surface area contributed by atoms with Crippen LogP contribution in [0.5, 0.6) is 0 Å². The quantitative estimate of drug-likeness (QED) is 0.797. The van der Waals surface area contributed by atoms with Crippen molar-refractivity contribution in [3.05, 3.63) is 65.5 Å². The molecule has 106 valence electrons. The number of carbonyl (C=O) groups excluding carboxylic acids is 1. The molecule has 1 amide bonds. The van der Waals surface area contributed by atoms with Crippen LogP contribution in [0.3, 0.4) is 0 Å². The first-order valence-corrected chi connectivity index (χ1v) is 6.86. The maximum atomic E-state index is 12.3. The van der Waals surface area contributed by atoms with Gasteiger partial charge in [0.1, 0.15) is 5.52 Å². The van der Waals surface area contributed by atoms with Crippen molar-refractivity contribution >= 4 is 17.0 Å². The summed E-state index contributed by atoms with van der Waals surface area (Å²) < 4.78 is 5.41. The fourth-order valence-corrected chi connectivity index (χ4v) is 2.29. The summed E-state index contributed by atoms with van der Waals surface area (Å²) in [6, 6.07) is 15.1. The van der Waals surface area contributed by atoms with E-state index in [-0.39, 0.29) is 11.9 Å². The fraction of sp³-hybridized carbons (Fsp3) is 0.176. The molecule has 0 fully saturated rings. The maximum Gasteiger partial charge on any atom is 0.251 e. The van der Waals surface area contributed by atoms with Crippen LogP contribution in [-0.4, -0.2) is 10.9 Å². The first-order valence-electron chi connectivity index (χ1n) is 6.86. The van der Waals surface area contributed by atoms with Crippen LogP contribution < -0.4 is 5.32 Å². The predicted octanol–water partition coefficient (Wildman–Crippen LogP) is 3.63. The Labute approximate surface area is 122 Å². The van der Waals surface area contributed by atoms with Crippen LogP contribution in [0.4, 0.5) is 0 Å². The van der Waals surface area contributed by atoms with Crippen molar-refractivity contribution in [2.75, 3.05) is 0 Å². The molecular formula is C17H16N2O2. The van der Waals surface area contributed by atoms with Gasteiger partial charge in [-0.1, -0.05) is 30.3 Å². The summed E-state index contributed by atoms with van der Waals surface area (Å²) >= 11 is 0. The normalized spacial score (nSPS) is 12.3. The molecule has 3 aromatic rings. The zero-order chi connectivity index (χ0) is 14.8. The number of nitrogens with zero attached hydrogens (tertiary/aromatic N) is 1. The molecule has 1 atom stereocenters. The van der Waals surface area contributed by atoms with Crippen LogP contribution in [0, 0.1) is 6.92 Å². The fourth-order valence-electron chi connectivity index (χ4n) is 2.29. The highest BCUT2D eigenvalue weighted by atomic mass is 16.3. The van der Waals surface area contributed by atoms with E-state index in [1.165, 1.54) is 0 Å². The Morgan fingerprint density at radius 1 is 1.19 bits per heavy atom. The van der Waals surface area contributed by atoms with Crippen molar-refractivity contribution in [3.8, 4) is 0 Å². The molecule has 1 unspecified atom stereocenters. The third-order valence-electron chi connectivity index (χ3n) is 3.40. The lowest BCUT2D eigenvalue weighted by atomic mass is 10.1. The Bertz CT molecular complexity index is 778. The zero-order valence-corrected chi connectivity index (χ0v) is 12.0. The lowest BCUT2D eigenvalue weighted by Crippen LogP contribution is -2.26. The van der Waals surface area contributed by atoms with Crippen molar-refractivity contribution in [1.82, 2.24) is 10.3 Å². The van der Waals surface area contributed by atoms with E-state index < -0.39 is 0 Å². The average Bonchev–Trinajstić information content (AvgIpc) is 2.87. The number of carbonyl (C=O) groups is 1. The van der Waals surface area contributed by atoms with Gasteiger partial charge in [-0.25, -0.2) is 4.98 Å². The number of nitrogens with one attached hydrogen (secondary N) is 1. The van der Waals surface area contributed by atoms with Crippen LogP contribution in [0.15, 0.2) is 52.9 Å². The molecule has 4 heteroatoms. The highest BCUT2D eigenvalue weighted by molar-refractivity contribution is 5.97. The van der Waals surface area contributed by atoms with Crippen LogP contribution in [0.25, 0.3) is 11.1 Å². The Morgan fingerprint density at radius 2 is 1.95 bits per heavy atom. The van der Waals surface area contributed by atoms with E-state index in [2.05, 4.69) is 10.3 Å². The Hall–Kier alpha value is -2.62. The van der Waals surface area contributed by atoms with E-state index in [0.717, 1.165) is 5.56 Å². The van der Waals surface area contributed by atoms with E-state index in [0.29, 0.717) is 22.6 Å². The van der Waals surface area contributed by atoms with Crippen molar-refractivity contribution in [3.63, 3.8) is 0 Å². The second-order valence-corrected chi connectivity index (χ2v) is 5.02. The summed E-state index contributed by atoms with van der Waals surface area (Å²) in [4.78, 5) is 16.6. The number of rotatable bonds is 3. The van der Waals surface area contributed by atoms with Gasteiger partial charge in [0.15, 0.2) is 11.5 Å². The molecule has 3 rings (SSSR count). The van der Waals surface area contributed by atoms with E-state index >= 15 is 0 Å². The minimum absolute atomic E-state index is 0.0477. The highest BCUT2D eigenvalue weighted by Gasteiger charge is 2.13. The van der Waals surface area contributed by atoms with Gasteiger partial charge in [-0.05, 0) is 30.7 Å². The lowest BCUT2D eigenvalue weighted by molar-refractivity contribution is 0.0940. The standard InChI is InChI=1S/C17H16N2O2/c1-11(13-6-4-3-5-7-13)18-17(20)14-8-9-16-15(10-14)19-12(2)21-16/h3-11H,1-2H3,(H,18,20). The molecule has 1 heterocycles. The minimum atomic E-state index is -0.117. The summed E-state index contributed by atoms with van der Waals surface area (Å²) in [5.74, 6) is 0.481. The molecule has 2 aromatic carbocycles. The smallest absolute Gasteiger partial charge is 0.251 e. The monoisotopic (exact) mass is 280 g/mol. The molecule has 0 radical (unpaired) electrons. The van der Waals surface area contributed by atoms with Gasteiger partial charge in [-0.3, -0.25) is 4.79 Å². The summed E-state index contributed by atoms with van der Waals surface area (Å²) in [7, 11) is 0. The Morgan fingerprint density at radius 3 is 2.71 bits per heavy atom. The number of fused-ring (bicyclic) bond motifs is 1. The molecule has 1 aromatic heterocycles. The molecule has 0 aliphatic rings. The highest BCUT2D eigenvalue weighted by Crippen LogP contribution is 2.18. The zero-order valence-electron chi connectivity index (χ0n) is 12.0. The van der Waals surface area contributed by atoms with E-state index in [1.807, 2.05) is 37.3 Å². The Kier molecular flexibility index (Phi) is 3.44. The van der Waals surface area contributed by atoms with E-state index in [9.17, 15) is 4.79 Å². The lowest BCUT2D eigenvalue weighted by Gasteiger charge is -2.14. The molecule has 0 aliphatic heterocycles. The van der Waals surface area contributed by atoms with Gasteiger partial charge in [0.25, 0.3) is 5.91 Å². The van der Waals surface area contributed by atoms with Gasteiger partial charge in [-0.15, -0.1) is 0 Å². The number of aryl methyl sites for hydroxylation is 1. The third-order valence-corrected chi connectivity index (χ3v) is 3.40. The summed E-state index contributed by atoms with van der Waals surface area (Å²) in [6.07, 6.45) is 0. The number of hydrogen-bond donors (Lipinski definition) is 1. The summed E-state index contributed by atoms with van der Waals surface area (Å²) in [5.41, 5.74) is 3.05. The van der Waals surface area contributed by atoms with Crippen molar-refractivity contribution < 1.29 is 9.21 Å². The van der Waals surface area contributed by atoms with Gasteiger partial charge >= 0.3 is 0 Å².